The van der Waals surface area contributed by atoms with E-state index in [0.29, 0.717) is 12.5 Å². The number of ether oxygens (including phenoxy) is 1. The summed E-state index contributed by atoms with van der Waals surface area (Å²) in [4.78, 5) is 4.46. The van der Waals surface area contributed by atoms with E-state index < -0.39 is 0 Å². The molecule has 1 aliphatic rings. The van der Waals surface area contributed by atoms with Gasteiger partial charge < -0.3 is 15.8 Å². The summed E-state index contributed by atoms with van der Waals surface area (Å²) < 4.78 is 5.72. The Balaban J connectivity index is 0.00000324. The van der Waals surface area contributed by atoms with Crippen LogP contribution < -0.4 is 11.1 Å². The van der Waals surface area contributed by atoms with E-state index in [-0.39, 0.29) is 35.1 Å². The monoisotopic (exact) mass is 383 g/mol. The number of nitrogens with two attached hydrogens (primary N) is 1. The predicted molar refractivity (Wildman–Crippen MR) is 92.2 cm³/mol. The Morgan fingerprint density at radius 3 is 2.32 bits per heavy atom. The summed E-state index contributed by atoms with van der Waals surface area (Å²) in [6.45, 7) is 9.18. The molecule has 0 saturated heterocycles. The smallest absolute Gasteiger partial charge is 0.189 e. The zero-order chi connectivity index (χ0) is 13.8. The minimum absolute atomic E-state index is 0. The Bertz CT molecular complexity index is 292. The van der Waals surface area contributed by atoms with E-state index in [1.807, 2.05) is 0 Å². The molecule has 0 atom stereocenters. The molecule has 0 aromatic carbocycles. The standard InChI is InChI=1S/C14H29N3O.HI/c1-11-6-8-14(18-5,9-7-11)10-16-12(15)17-13(2,3)4;/h11H,6-10H2,1-5H3,(H3,15,16,17);1H. The van der Waals surface area contributed by atoms with Crippen molar-refractivity contribution in [1.29, 1.82) is 0 Å². The Hall–Kier alpha value is -0.0400. The molecule has 0 aromatic heterocycles. The fourth-order valence-corrected chi connectivity index (χ4v) is 2.37. The molecular formula is C14H30IN3O. The molecule has 3 N–H and O–H groups in total. The minimum Gasteiger partial charge on any atom is -0.376 e. The zero-order valence-corrected chi connectivity index (χ0v) is 15.3. The Morgan fingerprint density at radius 1 is 1.37 bits per heavy atom. The van der Waals surface area contributed by atoms with Crippen LogP contribution in [0.2, 0.25) is 0 Å². The lowest BCUT2D eigenvalue weighted by atomic mass is 9.79. The molecule has 0 aliphatic heterocycles. The largest absolute Gasteiger partial charge is 0.376 e. The van der Waals surface area contributed by atoms with Crippen LogP contribution in [0.5, 0.6) is 0 Å². The van der Waals surface area contributed by atoms with Crippen molar-refractivity contribution in [2.24, 2.45) is 16.6 Å². The summed E-state index contributed by atoms with van der Waals surface area (Å²) in [5.41, 5.74) is 5.75. The molecular weight excluding hydrogens is 353 g/mol. The van der Waals surface area contributed by atoms with Gasteiger partial charge in [0.2, 0.25) is 0 Å². The van der Waals surface area contributed by atoms with Crippen molar-refractivity contribution in [3.05, 3.63) is 0 Å². The maximum atomic E-state index is 5.90. The molecule has 0 bridgehead atoms. The van der Waals surface area contributed by atoms with Crippen molar-refractivity contribution in [2.45, 2.75) is 64.5 Å². The normalized spacial score (nSPS) is 28.7. The fourth-order valence-electron chi connectivity index (χ4n) is 2.37. The highest BCUT2D eigenvalue weighted by Gasteiger charge is 2.34. The highest BCUT2D eigenvalue weighted by atomic mass is 127. The van der Waals surface area contributed by atoms with Crippen LogP contribution in [0.15, 0.2) is 4.99 Å². The third-order valence-corrected chi connectivity index (χ3v) is 3.66. The van der Waals surface area contributed by atoms with Crippen molar-refractivity contribution in [2.75, 3.05) is 13.7 Å². The molecule has 19 heavy (non-hydrogen) atoms. The van der Waals surface area contributed by atoms with Gasteiger partial charge in [-0.2, -0.15) is 0 Å². The van der Waals surface area contributed by atoms with Crippen LogP contribution in [0.4, 0.5) is 0 Å². The molecule has 0 radical (unpaired) electrons. The van der Waals surface area contributed by atoms with Crippen LogP contribution >= 0.6 is 24.0 Å². The molecule has 1 saturated carbocycles. The summed E-state index contributed by atoms with van der Waals surface area (Å²) in [5, 5.41) is 3.18. The number of rotatable bonds is 3. The van der Waals surface area contributed by atoms with Crippen molar-refractivity contribution >= 4 is 29.9 Å². The lowest BCUT2D eigenvalue weighted by molar-refractivity contribution is -0.0394. The number of hydrogen-bond donors (Lipinski definition) is 2. The Morgan fingerprint density at radius 2 is 1.89 bits per heavy atom. The predicted octanol–water partition coefficient (Wildman–Crippen LogP) is 2.90. The van der Waals surface area contributed by atoms with Gasteiger partial charge in [0.25, 0.3) is 0 Å². The molecule has 0 aromatic rings. The van der Waals surface area contributed by atoms with Gasteiger partial charge in [0.05, 0.1) is 12.1 Å². The van der Waals surface area contributed by atoms with Gasteiger partial charge >= 0.3 is 0 Å². The number of nitrogens with one attached hydrogen (secondary N) is 1. The fraction of sp³-hybridized carbons (Fsp3) is 0.929. The summed E-state index contributed by atoms with van der Waals surface area (Å²) >= 11 is 0. The SMILES string of the molecule is COC1(CN=C(N)NC(C)(C)C)CCC(C)CC1.I. The van der Waals surface area contributed by atoms with E-state index in [0.717, 1.165) is 18.8 Å². The van der Waals surface area contributed by atoms with Gasteiger partial charge in [0, 0.05) is 12.6 Å². The lowest BCUT2D eigenvalue weighted by Crippen LogP contribution is -2.46. The highest BCUT2D eigenvalue weighted by molar-refractivity contribution is 14.0. The molecule has 0 amide bonds. The van der Waals surface area contributed by atoms with Gasteiger partial charge in [-0.3, -0.25) is 4.99 Å². The zero-order valence-electron chi connectivity index (χ0n) is 13.0. The average molecular weight is 383 g/mol. The first-order valence-corrected chi connectivity index (χ1v) is 6.90. The average Bonchev–Trinajstić information content (AvgIpc) is 2.27. The summed E-state index contributed by atoms with van der Waals surface area (Å²) in [5.74, 6) is 1.32. The van der Waals surface area contributed by atoms with Gasteiger partial charge in [-0.15, -0.1) is 24.0 Å². The molecule has 1 fully saturated rings. The molecule has 0 unspecified atom stereocenters. The third-order valence-electron chi connectivity index (χ3n) is 3.66. The Kier molecular flexibility index (Phi) is 7.65. The quantitative estimate of drug-likeness (QED) is 0.448. The van der Waals surface area contributed by atoms with Crippen LogP contribution in [0, 0.1) is 5.92 Å². The summed E-state index contributed by atoms with van der Waals surface area (Å²) in [6.07, 6.45) is 4.60. The van der Waals surface area contributed by atoms with Gasteiger partial charge in [-0.25, -0.2) is 0 Å². The molecule has 0 heterocycles. The van der Waals surface area contributed by atoms with Crippen molar-refractivity contribution in [1.82, 2.24) is 5.32 Å². The van der Waals surface area contributed by atoms with Gasteiger partial charge in [0.15, 0.2) is 5.96 Å². The van der Waals surface area contributed by atoms with Crippen molar-refractivity contribution in [3.63, 3.8) is 0 Å². The lowest BCUT2D eigenvalue weighted by Gasteiger charge is -2.37. The first-order chi connectivity index (χ1) is 8.26. The van der Waals surface area contributed by atoms with E-state index in [4.69, 9.17) is 10.5 Å². The second-order valence-electron chi connectivity index (χ2n) is 6.65. The van der Waals surface area contributed by atoms with E-state index in [2.05, 4.69) is 38.0 Å². The van der Waals surface area contributed by atoms with Gasteiger partial charge in [0.1, 0.15) is 0 Å². The topological polar surface area (TPSA) is 59.6 Å². The van der Waals surface area contributed by atoms with Crippen LogP contribution in [0.1, 0.15) is 53.4 Å². The molecule has 114 valence electrons. The number of hydrogen-bond acceptors (Lipinski definition) is 2. The number of nitrogens with zero attached hydrogens (tertiary/aromatic N) is 1. The second-order valence-corrected chi connectivity index (χ2v) is 6.65. The van der Waals surface area contributed by atoms with Crippen molar-refractivity contribution < 1.29 is 4.74 Å². The Labute approximate surface area is 135 Å². The third kappa shape index (κ3) is 6.79. The van der Waals surface area contributed by atoms with Crippen LogP contribution in [0.25, 0.3) is 0 Å². The van der Waals surface area contributed by atoms with Crippen molar-refractivity contribution in [3.8, 4) is 0 Å². The van der Waals surface area contributed by atoms with E-state index in [1.165, 1.54) is 12.8 Å². The van der Waals surface area contributed by atoms with E-state index >= 15 is 0 Å². The molecule has 4 nitrogen and oxygen atoms in total. The second kappa shape index (κ2) is 7.67. The van der Waals surface area contributed by atoms with E-state index in [1.54, 1.807) is 7.11 Å². The van der Waals surface area contributed by atoms with Crippen LogP contribution in [0.3, 0.4) is 0 Å². The van der Waals surface area contributed by atoms with Crippen LogP contribution in [-0.2, 0) is 4.74 Å². The first-order valence-electron chi connectivity index (χ1n) is 6.90. The molecule has 1 aliphatic carbocycles. The molecule has 0 spiro atoms. The number of guanidine groups is 1. The molecule has 5 heteroatoms. The molecule has 1 rings (SSSR count). The maximum absolute atomic E-state index is 5.90. The summed E-state index contributed by atoms with van der Waals surface area (Å²) in [6, 6.07) is 0. The number of methoxy groups -OCH3 is 1. The van der Waals surface area contributed by atoms with Crippen LogP contribution in [-0.4, -0.2) is 30.8 Å². The minimum atomic E-state index is -0.101. The highest BCUT2D eigenvalue weighted by Crippen LogP contribution is 2.34. The summed E-state index contributed by atoms with van der Waals surface area (Å²) in [7, 11) is 1.79. The first kappa shape index (κ1) is 19.0. The van der Waals surface area contributed by atoms with E-state index in [9.17, 15) is 0 Å². The number of halogens is 1. The maximum Gasteiger partial charge on any atom is 0.189 e. The number of aliphatic imine (C=N–C) groups is 1. The van der Waals surface area contributed by atoms with Gasteiger partial charge in [-0.1, -0.05) is 6.92 Å². The van der Waals surface area contributed by atoms with Gasteiger partial charge in [-0.05, 0) is 52.4 Å².